The van der Waals surface area contributed by atoms with Gasteiger partial charge in [-0.25, -0.2) is 0 Å². The van der Waals surface area contributed by atoms with Crippen LogP contribution in [-0.2, 0) is 11.2 Å². The number of aryl methyl sites for hydroxylation is 1. The summed E-state index contributed by atoms with van der Waals surface area (Å²) >= 11 is 1.78. The number of hydrogen-bond donors (Lipinski definition) is 0. The van der Waals surface area contributed by atoms with Gasteiger partial charge >= 0.3 is 0 Å². The van der Waals surface area contributed by atoms with Crippen LogP contribution in [0, 0.1) is 5.92 Å². The number of piperidine rings is 1. The standard InChI is InChI=1S/C15H26N4OS/c1-3-4-14-16-17-15(21-14)19-10-12-5-6-13(11-19)18(9-12)7-8-20-2/h12-13H,3-11H2,1-2H3/t12-,13-/m1/s1. The van der Waals surface area contributed by atoms with Crippen molar-refractivity contribution >= 4 is 16.5 Å². The monoisotopic (exact) mass is 310 g/mol. The summed E-state index contributed by atoms with van der Waals surface area (Å²) in [6.07, 6.45) is 4.86. The Kier molecular flexibility index (Phi) is 5.08. The third-order valence-electron chi connectivity index (χ3n) is 4.60. The van der Waals surface area contributed by atoms with Gasteiger partial charge in [-0.1, -0.05) is 18.3 Å². The van der Waals surface area contributed by atoms with Gasteiger partial charge in [0.15, 0.2) is 0 Å². The summed E-state index contributed by atoms with van der Waals surface area (Å²) in [5.41, 5.74) is 0. The molecule has 0 aromatic carbocycles. The first kappa shape index (κ1) is 15.2. The van der Waals surface area contributed by atoms with Crippen molar-refractivity contribution in [2.24, 2.45) is 5.92 Å². The van der Waals surface area contributed by atoms with Crippen LogP contribution < -0.4 is 4.90 Å². The van der Waals surface area contributed by atoms with Crippen molar-refractivity contribution in [2.75, 3.05) is 44.8 Å². The van der Waals surface area contributed by atoms with Gasteiger partial charge in [0.25, 0.3) is 0 Å². The molecule has 5 nitrogen and oxygen atoms in total. The summed E-state index contributed by atoms with van der Waals surface area (Å²) < 4.78 is 5.26. The minimum atomic E-state index is 0.650. The van der Waals surface area contributed by atoms with Crippen molar-refractivity contribution in [2.45, 2.75) is 38.6 Å². The van der Waals surface area contributed by atoms with Crippen molar-refractivity contribution in [3.8, 4) is 0 Å². The summed E-state index contributed by atoms with van der Waals surface area (Å²) in [5.74, 6) is 0.763. The molecule has 2 atom stereocenters. The zero-order chi connectivity index (χ0) is 14.7. The number of methoxy groups -OCH3 is 1. The molecule has 0 amide bonds. The Bertz CT molecular complexity index is 453. The van der Waals surface area contributed by atoms with Gasteiger partial charge in [-0.2, -0.15) is 0 Å². The van der Waals surface area contributed by atoms with E-state index in [-0.39, 0.29) is 0 Å². The second-order valence-corrected chi connectivity index (χ2v) is 7.26. The summed E-state index contributed by atoms with van der Waals surface area (Å²) in [7, 11) is 1.79. The molecule has 0 N–H and O–H groups in total. The first-order chi connectivity index (χ1) is 10.3. The summed E-state index contributed by atoms with van der Waals surface area (Å²) in [4.78, 5) is 5.09. The summed E-state index contributed by atoms with van der Waals surface area (Å²) in [6.45, 7) is 7.54. The molecule has 3 aliphatic rings. The Labute approximate surface area is 131 Å². The molecule has 3 fully saturated rings. The van der Waals surface area contributed by atoms with Crippen LogP contribution in [0.4, 0.5) is 5.13 Å². The third-order valence-corrected chi connectivity index (χ3v) is 5.64. The molecular formula is C15H26N4OS. The lowest BCUT2D eigenvalue weighted by Gasteiger charge is -2.35. The van der Waals surface area contributed by atoms with Crippen LogP contribution in [0.3, 0.4) is 0 Å². The molecule has 0 saturated carbocycles. The van der Waals surface area contributed by atoms with Crippen LogP contribution in [0.25, 0.3) is 0 Å². The van der Waals surface area contributed by atoms with Crippen LogP contribution in [0.1, 0.15) is 31.2 Å². The quantitative estimate of drug-likeness (QED) is 0.804. The summed E-state index contributed by atoms with van der Waals surface area (Å²) in [6, 6.07) is 0.650. The number of fused-ring (bicyclic) bond motifs is 4. The Morgan fingerprint density at radius 2 is 2.14 bits per heavy atom. The lowest BCUT2D eigenvalue weighted by atomic mass is 9.95. The van der Waals surface area contributed by atoms with E-state index in [4.69, 9.17) is 4.74 Å². The molecule has 6 heteroatoms. The maximum absolute atomic E-state index is 5.26. The van der Waals surface area contributed by atoms with Gasteiger partial charge in [0.05, 0.1) is 6.61 Å². The van der Waals surface area contributed by atoms with Crippen LogP contribution in [-0.4, -0.2) is 61.0 Å². The molecule has 0 spiro atoms. The zero-order valence-corrected chi connectivity index (χ0v) is 13.9. The van der Waals surface area contributed by atoms with Gasteiger partial charge in [-0.15, -0.1) is 10.2 Å². The molecule has 3 aliphatic heterocycles. The molecule has 0 radical (unpaired) electrons. The topological polar surface area (TPSA) is 41.5 Å². The van der Waals surface area contributed by atoms with E-state index in [1.807, 2.05) is 0 Å². The average molecular weight is 310 g/mol. The van der Waals surface area contributed by atoms with Crippen molar-refractivity contribution in [3.05, 3.63) is 5.01 Å². The van der Waals surface area contributed by atoms with Crippen LogP contribution in [0.2, 0.25) is 0 Å². The van der Waals surface area contributed by atoms with Gasteiger partial charge in [0, 0.05) is 45.8 Å². The molecule has 4 heterocycles. The van der Waals surface area contributed by atoms with Gasteiger partial charge in [0.2, 0.25) is 5.13 Å². The normalized spacial score (nSPS) is 26.3. The molecule has 0 unspecified atom stereocenters. The first-order valence-corrected chi connectivity index (χ1v) is 8.92. The molecule has 2 bridgehead atoms. The maximum Gasteiger partial charge on any atom is 0.208 e. The van der Waals surface area contributed by atoms with Crippen LogP contribution in [0.5, 0.6) is 0 Å². The molecule has 1 aromatic heterocycles. The number of hydrogen-bond acceptors (Lipinski definition) is 6. The van der Waals surface area contributed by atoms with Gasteiger partial charge < -0.3 is 9.64 Å². The van der Waals surface area contributed by atoms with E-state index in [0.29, 0.717) is 6.04 Å². The van der Waals surface area contributed by atoms with Gasteiger partial charge in [-0.05, 0) is 25.2 Å². The van der Waals surface area contributed by atoms with E-state index >= 15 is 0 Å². The molecule has 21 heavy (non-hydrogen) atoms. The predicted molar refractivity (Wildman–Crippen MR) is 86.1 cm³/mol. The number of aromatic nitrogens is 2. The lowest BCUT2D eigenvalue weighted by Crippen LogP contribution is -2.45. The average Bonchev–Trinajstić information content (AvgIpc) is 2.77. The predicted octanol–water partition coefficient (Wildman–Crippen LogP) is 2.04. The van der Waals surface area contributed by atoms with Crippen molar-refractivity contribution in [1.29, 1.82) is 0 Å². The highest BCUT2D eigenvalue weighted by Gasteiger charge is 2.35. The van der Waals surface area contributed by atoms with E-state index in [1.54, 1.807) is 18.4 Å². The molecule has 1 aromatic rings. The Morgan fingerprint density at radius 1 is 1.24 bits per heavy atom. The minimum Gasteiger partial charge on any atom is -0.383 e. The minimum absolute atomic E-state index is 0.650. The van der Waals surface area contributed by atoms with Crippen molar-refractivity contribution < 1.29 is 4.74 Å². The molecule has 3 saturated heterocycles. The second kappa shape index (κ2) is 7.03. The van der Waals surface area contributed by atoms with E-state index in [2.05, 4.69) is 26.9 Å². The zero-order valence-electron chi connectivity index (χ0n) is 13.1. The Balaban J connectivity index is 1.68. The molecule has 118 valence electrons. The highest BCUT2D eigenvalue weighted by atomic mass is 32.1. The molecular weight excluding hydrogens is 284 g/mol. The fourth-order valence-corrected chi connectivity index (χ4v) is 4.46. The smallest absolute Gasteiger partial charge is 0.208 e. The number of ether oxygens (including phenoxy) is 1. The van der Waals surface area contributed by atoms with Crippen molar-refractivity contribution in [3.63, 3.8) is 0 Å². The Hall–Kier alpha value is -0.720. The van der Waals surface area contributed by atoms with Crippen LogP contribution in [0.15, 0.2) is 0 Å². The SMILES string of the molecule is CCCc1nnc(N2C[C@@H]3CC[C@H](C2)N(CCOC)C3)s1. The van der Waals surface area contributed by atoms with Crippen molar-refractivity contribution in [1.82, 2.24) is 15.1 Å². The van der Waals surface area contributed by atoms with E-state index < -0.39 is 0 Å². The maximum atomic E-state index is 5.26. The number of anilines is 1. The van der Waals surface area contributed by atoms with E-state index in [0.717, 1.165) is 50.1 Å². The van der Waals surface area contributed by atoms with Gasteiger partial charge in [-0.3, -0.25) is 4.90 Å². The fraction of sp³-hybridized carbons (Fsp3) is 0.867. The van der Waals surface area contributed by atoms with Gasteiger partial charge in [0.1, 0.15) is 5.01 Å². The largest absolute Gasteiger partial charge is 0.383 e. The second-order valence-electron chi connectivity index (χ2n) is 6.22. The Morgan fingerprint density at radius 3 is 2.95 bits per heavy atom. The highest BCUT2D eigenvalue weighted by Crippen LogP contribution is 2.32. The van der Waals surface area contributed by atoms with E-state index in [9.17, 15) is 0 Å². The lowest BCUT2D eigenvalue weighted by molar-refractivity contribution is 0.0889. The number of rotatable bonds is 6. The molecule has 4 rings (SSSR count). The summed E-state index contributed by atoms with van der Waals surface area (Å²) in [5, 5.41) is 11.1. The fourth-order valence-electron chi connectivity index (χ4n) is 3.51. The van der Waals surface area contributed by atoms with E-state index in [1.165, 1.54) is 24.4 Å². The first-order valence-electron chi connectivity index (χ1n) is 8.10. The molecule has 0 aliphatic carbocycles. The third kappa shape index (κ3) is 3.55. The highest BCUT2D eigenvalue weighted by molar-refractivity contribution is 7.15. The van der Waals surface area contributed by atoms with Crippen LogP contribution >= 0.6 is 11.3 Å². The number of nitrogens with zero attached hydrogens (tertiary/aromatic N) is 4.